The number of nitrogens with zero attached hydrogens (tertiary/aromatic N) is 2. The lowest BCUT2D eigenvalue weighted by Gasteiger charge is -2.20. The fourth-order valence-electron chi connectivity index (χ4n) is 1.57. The summed E-state index contributed by atoms with van der Waals surface area (Å²) in [6.07, 6.45) is 0. The van der Waals surface area contributed by atoms with Crippen molar-refractivity contribution < 1.29 is 9.72 Å². The number of hydrogen-bond donors (Lipinski definition) is 0. The summed E-state index contributed by atoms with van der Waals surface area (Å²) in [4.78, 5) is 23.7. The summed E-state index contributed by atoms with van der Waals surface area (Å²) in [5.41, 5.74) is 0.730. The molecule has 0 aliphatic carbocycles. The molecule has 0 atom stereocenters. The van der Waals surface area contributed by atoms with Gasteiger partial charge >= 0.3 is 0 Å². The largest absolute Gasteiger partial charge is 0.345 e. The molecule has 0 radical (unpaired) electrons. The summed E-state index contributed by atoms with van der Waals surface area (Å²) in [7, 11) is 3.16. The Labute approximate surface area is 107 Å². The topological polar surface area (TPSA) is 63.5 Å². The third kappa shape index (κ3) is 2.85. The number of rotatable bonds is 2. The molecule has 18 heavy (non-hydrogen) atoms. The van der Waals surface area contributed by atoms with E-state index in [1.165, 1.54) is 11.0 Å². The van der Waals surface area contributed by atoms with Crippen LogP contribution < -0.4 is 0 Å². The highest BCUT2D eigenvalue weighted by Gasteiger charge is 2.24. The molecule has 0 aliphatic rings. The van der Waals surface area contributed by atoms with Crippen LogP contribution in [0, 0.1) is 10.1 Å². The molecule has 0 fully saturated rings. The van der Waals surface area contributed by atoms with Crippen LogP contribution in [0.3, 0.4) is 0 Å². The highest BCUT2D eigenvalue weighted by atomic mass is 16.6. The molecule has 0 spiro atoms. The fourth-order valence-corrected chi connectivity index (χ4v) is 1.57. The minimum atomic E-state index is -0.525. The van der Waals surface area contributed by atoms with E-state index in [0.29, 0.717) is 0 Å². The van der Waals surface area contributed by atoms with Crippen molar-refractivity contribution in [2.24, 2.45) is 0 Å². The molecule has 5 nitrogen and oxygen atoms in total. The van der Waals surface area contributed by atoms with Gasteiger partial charge < -0.3 is 4.90 Å². The van der Waals surface area contributed by atoms with Gasteiger partial charge in [0.15, 0.2) is 0 Å². The van der Waals surface area contributed by atoms with E-state index in [0.717, 1.165) is 5.56 Å². The number of nitro groups is 1. The number of carbonyl (C=O) groups is 1. The van der Waals surface area contributed by atoms with E-state index in [2.05, 4.69) is 0 Å². The Hall–Kier alpha value is -1.91. The first-order chi connectivity index (χ1) is 8.14. The molecule has 0 aromatic heterocycles. The molecule has 0 saturated carbocycles. The van der Waals surface area contributed by atoms with Gasteiger partial charge in [0.05, 0.1) is 4.92 Å². The zero-order valence-corrected chi connectivity index (χ0v) is 11.4. The molecule has 0 bridgehead atoms. The Bertz CT molecular complexity index is 487. The summed E-state index contributed by atoms with van der Waals surface area (Å²) < 4.78 is 0. The Morgan fingerprint density at radius 2 is 1.83 bits per heavy atom. The van der Waals surface area contributed by atoms with Crippen molar-refractivity contribution in [3.05, 3.63) is 39.4 Å². The van der Waals surface area contributed by atoms with Gasteiger partial charge in [-0.2, -0.15) is 0 Å². The van der Waals surface area contributed by atoms with E-state index in [-0.39, 0.29) is 22.6 Å². The maximum atomic E-state index is 12.0. The van der Waals surface area contributed by atoms with Crippen LogP contribution >= 0.6 is 0 Å². The highest BCUT2D eigenvalue weighted by molar-refractivity contribution is 5.98. The molecule has 1 amide bonds. The number of nitro benzene ring substituents is 1. The van der Waals surface area contributed by atoms with E-state index in [1.54, 1.807) is 26.2 Å². The number of benzene rings is 1. The third-order valence-electron chi connectivity index (χ3n) is 2.70. The molecule has 1 aromatic rings. The van der Waals surface area contributed by atoms with Crippen molar-refractivity contribution in [1.29, 1.82) is 0 Å². The van der Waals surface area contributed by atoms with Gasteiger partial charge in [-0.1, -0.05) is 26.8 Å². The molecule has 0 heterocycles. The monoisotopic (exact) mass is 250 g/mol. The average molecular weight is 250 g/mol. The van der Waals surface area contributed by atoms with Gasteiger partial charge in [0.1, 0.15) is 5.56 Å². The van der Waals surface area contributed by atoms with Gasteiger partial charge in [0.2, 0.25) is 0 Å². The van der Waals surface area contributed by atoms with Crippen LogP contribution in [0.4, 0.5) is 5.69 Å². The molecule has 1 rings (SSSR count). The molecular weight excluding hydrogens is 232 g/mol. The smallest absolute Gasteiger partial charge is 0.282 e. The predicted molar refractivity (Wildman–Crippen MR) is 69.8 cm³/mol. The minimum absolute atomic E-state index is 0.137. The highest BCUT2D eigenvalue weighted by Crippen LogP contribution is 2.28. The van der Waals surface area contributed by atoms with Gasteiger partial charge in [-0.05, 0) is 17.0 Å². The number of hydrogen-bond acceptors (Lipinski definition) is 3. The summed E-state index contributed by atoms with van der Waals surface area (Å²) in [6.45, 7) is 5.99. The van der Waals surface area contributed by atoms with Crippen LogP contribution in [0.2, 0.25) is 0 Å². The number of carbonyl (C=O) groups excluding carboxylic acids is 1. The van der Waals surface area contributed by atoms with Crippen LogP contribution in [0.25, 0.3) is 0 Å². The van der Waals surface area contributed by atoms with E-state index < -0.39 is 4.92 Å². The fraction of sp³-hybridized carbons (Fsp3) is 0.462. The minimum Gasteiger partial charge on any atom is -0.345 e. The van der Waals surface area contributed by atoms with Crippen LogP contribution in [-0.2, 0) is 5.41 Å². The van der Waals surface area contributed by atoms with Gasteiger partial charge in [-0.3, -0.25) is 14.9 Å². The lowest BCUT2D eigenvalue weighted by Crippen LogP contribution is -2.23. The zero-order valence-electron chi connectivity index (χ0n) is 11.4. The Morgan fingerprint density at radius 3 is 2.22 bits per heavy atom. The Morgan fingerprint density at radius 1 is 1.28 bits per heavy atom. The molecule has 1 aromatic carbocycles. The molecule has 5 heteroatoms. The van der Waals surface area contributed by atoms with Crippen molar-refractivity contribution in [2.75, 3.05) is 14.1 Å². The van der Waals surface area contributed by atoms with Gasteiger partial charge in [0, 0.05) is 20.2 Å². The van der Waals surface area contributed by atoms with Gasteiger partial charge in [0.25, 0.3) is 11.6 Å². The molecule has 0 saturated heterocycles. The SMILES string of the molecule is CN(C)C(=O)c1cc(C(C)(C)C)ccc1[N+](=O)[O-]. The lowest BCUT2D eigenvalue weighted by molar-refractivity contribution is -0.385. The Balaban J connectivity index is 3.43. The first kappa shape index (κ1) is 14.2. The van der Waals surface area contributed by atoms with Gasteiger partial charge in [-0.25, -0.2) is 0 Å². The lowest BCUT2D eigenvalue weighted by atomic mass is 9.86. The van der Waals surface area contributed by atoms with Crippen molar-refractivity contribution in [3.8, 4) is 0 Å². The van der Waals surface area contributed by atoms with E-state index >= 15 is 0 Å². The van der Waals surface area contributed by atoms with Crippen LogP contribution in [0.5, 0.6) is 0 Å². The van der Waals surface area contributed by atoms with Crippen molar-refractivity contribution in [3.63, 3.8) is 0 Å². The van der Waals surface area contributed by atoms with Crippen molar-refractivity contribution in [2.45, 2.75) is 26.2 Å². The molecule has 0 aliphatic heterocycles. The van der Waals surface area contributed by atoms with Gasteiger partial charge in [-0.15, -0.1) is 0 Å². The summed E-state index contributed by atoms with van der Waals surface area (Å²) in [5, 5.41) is 10.9. The summed E-state index contributed by atoms with van der Waals surface area (Å²) in [5.74, 6) is -0.354. The van der Waals surface area contributed by atoms with Crippen LogP contribution in [0.15, 0.2) is 18.2 Å². The second kappa shape index (κ2) is 4.76. The maximum Gasteiger partial charge on any atom is 0.282 e. The summed E-state index contributed by atoms with van der Waals surface area (Å²) in [6, 6.07) is 4.71. The second-order valence-corrected chi connectivity index (χ2v) is 5.44. The van der Waals surface area contributed by atoms with E-state index in [4.69, 9.17) is 0 Å². The summed E-state index contributed by atoms with van der Waals surface area (Å²) >= 11 is 0. The quantitative estimate of drug-likeness (QED) is 0.598. The number of amides is 1. The maximum absolute atomic E-state index is 12.0. The average Bonchev–Trinajstić information content (AvgIpc) is 2.25. The second-order valence-electron chi connectivity index (χ2n) is 5.44. The predicted octanol–water partition coefficient (Wildman–Crippen LogP) is 2.59. The standard InChI is InChI=1S/C13H18N2O3/c1-13(2,3)9-6-7-11(15(17)18)10(8-9)12(16)14(4)5/h6-8H,1-5H3. The third-order valence-corrected chi connectivity index (χ3v) is 2.70. The first-order valence-corrected chi connectivity index (χ1v) is 5.65. The molecule has 0 unspecified atom stereocenters. The van der Waals surface area contributed by atoms with Crippen molar-refractivity contribution in [1.82, 2.24) is 4.90 Å². The first-order valence-electron chi connectivity index (χ1n) is 5.65. The van der Waals surface area contributed by atoms with E-state index in [9.17, 15) is 14.9 Å². The van der Waals surface area contributed by atoms with E-state index in [1.807, 2.05) is 20.8 Å². The zero-order chi connectivity index (χ0) is 14.1. The Kier molecular flexibility index (Phi) is 3.74. The molecular formula is C13H18N2O3. The van der Waals surface area contributed by atoms with Crippen LogP contribution in [0.1, 0.15) is 36.7 Å². The molecule has 0 N–H and O–H groups in total. The van der Waals surface area contributed by atoms with Crippen LogP contribution in [-0.4, -0.2) is 29.8 Å². The normalized spacial score (nSPS) is 11.2. The van der Waals surface area contributed by atoms with Crippen molar-refractivity contribution >= 4 is 11.6 Å². The molecule has 98 valence electrons.